The maximum absolute atomic E-state index is 12.6. The standard InChI is InChI=1S/C34H35NO7S.C29H32O6.C7H7NO3S/c1-34(41-20-26-16-10-5-11-17-26)31(40-19-25-14-8-4-9-15-25)28(21-39-18-24-12-6-3-7-13-24)42-32(34)30-29(35-23-36)27(22-43-30)33(37)38-2;1-22(30)34-28-29(2,33-20-25-16-10-5-11-17-25)27(32-19-24-14-8-4-9-15-24)26(35-28)21-31-18-23-12-6-3-7-13-23;1-11-7(10)5-2-12-3-6(5)8-4-9/h3-17,22-23,28,31-32H,18-21H2,1-2H3,(H,35,36);3-17,26-28H,18-21H2,1-2H3;2-4H,1H3,(H,8,9)/t28-,31-,32?,34-;26-,27-,28?,29-;/m11./s1. The molecule has 2 aromatic heterocycles. The van der Waals surface area contributed by atoms with E-state index in [1.807, 2.05) is 196 Å². The minimum atomic E-state index is -1.04. The zero-order valence-corrected chi connectivity index (χ0v) is 52.3. The lowest BCUT2D eigenvalue weighted by Crippen LogP contribution is -2.50. The molecule has 2 fully saturated rings. The van der Waals surface area contributed by atoms with E-state index in [1.54, 1.807) is 16.1 Å². The highest BCUT2D eigenvalue weighted by Crippen LogP contribution is 2.51. The van der Waals surface area contributed by atoms with Gasteiger partial charge in [0.1, 0.15) is 36.1 Å². The first-order valence-corrected chi connectivity index (χ1v) is 30.8. The quantitative estimate of drug-likeness (QED) is 0.0265. The highest BCUT2D eigenvalue weighted by atomic mass is 32.1. The average Bonchev–Trinajstić information content (AvgIpc) is 2.03. The number of hydrogen-bond acceptors (Lipinski definition) is 18. The maximum Gasteiger partial charge on any atom is 0.340 e. The molecular formula is C70H74N2O16S2. The number of nitrogens with one attached hydrogen (secondary N) is 2. The van der Waals surface area contributed by atoms with E-state index in [9.17, 15) is 24.0 Å². The van der Waals surface area contributed by atoms with Crippen molar-refractivity contribution in [3.8, 4) is 0 Å². The number of carbonyl (C=O) groups excluding carboxylic acids is 5. The van der Waals surface area contributed by atoms with Crippen LogP contribution < -0.4 is 10.6 Å². The zero-order valence-electron chi connectivity index (χ0n) is 50.7. The van der Waals surface area contributed by atoms with Crippen LogP contribution >= 0.6 is 22.7 Å². The number of thiophene rings is 2. The van der Waals surface area contributed by atoms with E-state index in [1.165, 1.54) is 43.8 Å². The molecule has 0 bridgehead atoms. The summed E-state index contributed by atoms with van der Waals surface area (Å²) in [5.74, 6) is -1.45. The van der Waals surface area contributed by atoms with Crippen molar-refractivity contribution in [1.29, 1.82) is 0 Å². The fourth-order valence-electron chi connectivity index (χ4n) is 10.1. The van der Waals surface area contributed by atoms with Gasteiger partial charge >= 0.3 is 17.9 Å². The van der Waals surface area contributed by atoms with Crippen LogP contribution in [0.1, 0.15) is 85.8 Å². The van der Waals surface area contributed by atoms with Gasteiger partial charge in [-0.1, -0.05) is 182 Å². The summed E-state index contributed by atoms with van der Waals surface area (Å²) in [6.45, 7) is 7.84. The lowest BCUT2D eigenvalue weighted by atomic mass is 9.90. The van der Waals surface area contributed by atoms with Crippen LogP contribution in [-0.2, 0) is 106 Å². The third-order valence-corrected chi connectivity index (χ3v) is 16.5. The Hall–Kier alpha value is -8.25. The molecule has 8 aromatic rings. The van der Waals surface area contributed by atoms with Crippen LogP contribution in [0.5, 0.6) is 0 Å². The molecule has 10 rings (SSSR count). The Morgan fingerprint density at radius 2 is 0.900 bits per heavy atom. The van der Waals surface area contributed by atoms with Gasteiger partial charge in [-0.2, -0.15) is 0 Å². The minimum Gasteiger partial charge on any atom is -0.465 e. The van der Waals surface area contributed by atoms with E-state index < -0.39 is 65.9 Å². The van der Waals surface area contributed by atoms with E-state index in [2.05, 4.69) is 15.4 Å². The smallest absolute Gasteiger partial charge is 0.340 e. The molecule has 2 aliphatic heterocycles. The molecule has 472 valence electrons. The Kier molecular flexibility index (Phi) is 26.1. The maximum atomic E-state index is 12.6. The van der Waals surface area contributed by atoms with Gasteiger partial charge in [0.05, 0.1) is 94.5 Å². The van der Waals surface area contributed by atoms with Crippen LogP contribution in [-0.4, -0.2) is 100 Å². The molecule has 2 unspecified atom stereocenters. The second-order valence-corrected chi connectivity index (χ2v) is 22.8. The van der Waals surface area contributed by atoms with E-state index >= 15 is 0 Å². The first-order chi connectivity index (χ1) is 43.9. The second-order valence-electron chi connectivity index (χ2n) is 21.1. The molecule has 2 aliphatic rings. The Morgan fingerprint density at radius 3 is 1.33 bits per heavy atom. The van der Waals surface area contributed by atoms with Gasteiger partial charge < -0.3 is 62.7 Å². The molecule has 4 heterocycles. The van der Waals surface area contributed by atoms with Gasteiger partial charge in [0.15, 0.2) is 5.60 Å². The molecule has 2 saturated heterocycles. The summed E-state index contributed by atoms with van der Waals surface area (Å²) in [7, 11) is 2.60. The first kappa shape index (κ1) is 67.7. The van der Waals surface area contributed by atoms with Gasteiger partial charge in [-0.05, 0) is 47.2 Å². The Balaban J connectivity index is 0.000000199. The molecule has 0 radical (unpaired) electrons. The summed E-state index contributed by atoms with van der Waals surface area (Å²) in [6.07, 6.45) is -2.69. The molecule has 2 amide bonds. The van der Waals surface area contributed by atoms with Crippen LogP contribution in [0, 0.1) is 0 Å². The SMILES string of the molecule is CC(=O)OC1O[C@H](COCc2ccccc2)[C@@H](OCc2ccccc2)[C@@]1(C)OCc1ccccc1.COC(=O)c1csc(C2O[C@H](COCc3ccccc3)[C@@H](OCc3ccccc3)[C@@]2(C)OCc2ccccc2)c1NC=O.COC(=O)c1cscc1NC=O. The number of esters is 3. The highest BCUT2D eigenvalue weighted by Gasteiger charge is 2.59. The minimum absolute atomic E-state index is 0.237. The number of benzene rings is 6. The van der Waals surface area contributed by atoms with E-state index in [4.69, 9.17) is 47.4 Å². The number of rotatable bonds is 28. The Labute approximate surface area is 532 Å². The summed E-state index contributed by atoms with van der Waals surface area (Å²) in [5.41, 5.74) is 5.49. The van der Waals surface area contributed by atoms with Gasteiger partial charge in [-0.3, -0.25) is 14.4 Å². The predicted molar refractivity (Wildman–Crippen MR) is 340 cm³/mol. The van der Waals surface area contributed by atoms with Crippen LogP contribution in [0.3, 0.4) is 0 Å². The van der Waals surface area contributed by atoms with Crippen molar-refractivity contribution in [3.05, 3.63) is 248 Å². The summed E-state index contributed by atoms with van der Waals surface area (Å²) in [4.78, 5) is 57.9. The van der Waals surface area contributed by atoms with Crippen molar-refractivity contribution < 1.29 is 76.1 Å². The Bertz CT molecular complexity index is 3460. The normalized spacial score (nSPS) is 20.7. The van der Waals surface area contributed by atoms with E-state index in [0.717, 1.165) is 33.4 Å². The second kappa shape index (κ2) is 34.6. The number of carbonyl (C=O) groups is 5. The van der Waals surface area contributed by atoms with Gasteiger partial charge in [0.25, 0.3) is 0 Å². The lowest BCUT2D eigenvalue weighted by molar-refractivity contribution is -0.224. The number of hydrogen-bond donors (Lipinski definition) is 2. The molecule has 8 atom stereocenters. The first-order valence-electron chi connectivity index (χ1n) is 29.0. The molecule has 6 aromatic carbocycles. The lowest BCUT2D eigenvalue weighted by Gasteiger charge is -2.35. The summed E-state index contributed by atoms with van der Waals surface area (Å²) >= 11 is 2.62. The molecule has 2 N–H and O–H groups in total. The van der Waals surface area contributed by atoms with Crippen molar-refractivity contribution in [3.63, 3.8) is 0 Å². The highest BCUT2D eigenvalue weighted by molar-refractivity contribution is 7.11. The molecule has 0 saturated carbocycles. The molecule has 18 nitrogen and oxygen atoms in total. The number of anilines is 2. The van der Waals surface area contributed by atoms with Gasteiger partial charge in [-0.25, -0.2) is 9.59 Å². The molecule has 90 heavy (non-hydrogen) atoms. The van der Waals surface area contributed by atoms with Crippen LogP contribution in [0.2, 0.25) is 0 Å². The van der Waals surface area contributed by atoms with E-state index in [-0.39, 0.29) is 18.8 Å². The monoisotopic (exact) mass is 1260 g/mol. The van der Waals surface area contributed by atoms with Gasteiger partial charge in [0, 0.05) is 23.1 Å². The Morgan fingerprint density at radius 1 is 0.500 bits per heavy atom. The number of amides is 2. The van der Waals surface area contributed by atoms with Gasteiger partial charge in [-0.15, -0.1) is 22.7 Å². The summed E-state index contributed by atoms with van der Waals surface area (Å²) in [6, 6.07) is 59.4. The third-order valence-electron chi connectivity index (χ3n) is 14.7. The van der Waals surface area contributed by atoms with Gasteiger partial charge in [0.2, 0.25) is 19.1 Å². The zero-order chi connectivity index (χ0) is 63.6. The predicted octanol–water partition coefficient (Wildman–Crippen LogP) is 12.5. The van der Waals surface area contributed by atoms with Crippen LogP contribution in [0.15, 0.2) is 198 Å². The van der Waals surface area contributed by atoms with Crippen molar-refractivity contribution in [1.82, 2.24) is 0 Å². The van der Waals surface area contributed by atoms with Crippen molar-refractivity contribution in [2.75, 3.05) is 38.1 Å². The average molecular weight is 1260 g/mol. The number of ether oxygens (including phenoxy) is 11. The third kappa shape index (κ3) is 18.7. The number of methoxy groups -OCH3 is 2. The van der Waals surface area contributed by atoms with Crippen molar-refractivity contribution in [2.24, 2.45) is 0 Å². The van der Waals surface area contributed by atoms with Crippen LogP contribution in [0.25, 0.3) is 0 Å². The molecule has 0 spiro atoms. The topological polar surface area (TPSA) is 211 Å². The fourth-order valence-corrected chi connectivity index (χ4v) is 12.1. The molecule has 20 heteroatoms. The molecular weight excluding hydrogens is 1190 g/mol. The van der Waals surface area contributed by atoms with Crippen molar-refractivity contribution >= 4 is 64.8 Å². The van der Waals surface area contributed by atoms with Crippen LogP contribution in [0.4, 0.5) is 11.4 Å². The summed E-state index contributed by atoms with van der Waals surface area (Å²) in [5, 5.41) is 10.1. The summed E-state index contributed by atoms with van der Waals surface area (Å²) < 4.78 is 66.3. The molecule has 0 aliphatic carbocycles. The van der Waals surface area contributed by atoms with E-state index in [0.29, 0.717) is 74.3 Å². The largest absolute Gasteiger partial charge is 0.465 e. The fraction of sp³-hybridized carbons (Fsp3) is 0.300. The van der Waals surface area contributed by atoms with Crippen molar-refractivity contribution in [2.45, 2.75) is 108 Å².